The van der Waals surface area contributed by atoms with Crippen molar-refractivity contribution in [2.24, 2.45) is 0 Å². The summed E-state index contributed by atoms with van der Waals surface area (Å²) in [5.41, 5.74) is 0.788. The minimum Gasteiger partial charge on any atom is -0.468 e. The van der Waals surface area contributed by atoms with Gasteiger partial charge in [-0.25, -0.2) is 0 Å². The maximum absolute atomic E-state index is 12.2. The van der Waals surface area contributed by atoms with Crippen LogP contribution in [0.3, 0.4) is 0 Å². The molecule has 5 heteroatoms. The molecule has 2 aromatic rings. The van der Waals surface area contributed by atoms with E-state index in [0.717, 1.165) is 15.9 Å². The molecule has 4 nitrogen and oxygen atoms in total. The molecule has 0 aliphatic rings. The Hall–Kier alpha value is -1.59. The summed E-state index contributed by atoms with van der Waals surface area (Å²) in [6, 6.07) is 11.0. The van der Waals surface area contributed by atoms with Crippen molar-refractivity contribution in [2.75, 3.05) is 12.4 Å². The zero-order chi connectivity index (χ0) is 14.5. The van der Waals surface area contributed by atoms with Crippen molar-refractivity contribution < 1.29 is 9.21 Å². The average molecular weight is 337 g/mol. The molecule has 1 N–H and O–H groups in total. The fourth-order valence-corrected chi connectivity index (χ4v) is 2.03. The summed E-state index contributed by atoms with van der Waals surface area (Å²) >= 11 is 3.37. The van der Waals surface area contributed by atoms with Crippen LogP contribution in [0, 0.1) is 0 Å². The van der Waals surface area contributed by atoms with Gasteiger partial charge >= 0.3 is 0 Å². The Morgan fingerprint density at radius 2 is 2.05 bits per heavy atom. The summed E-state index contributed by atoms with van der Waals surface area (Å²) in [7, 11) is 1.90. The van der Waals surface area contributed by atoms with E-state index in [0.29, 0.717) is 6.54 Å². The maximum Gasteiger partial charge on any atom is 0.241 e. The van der Waals surface area contributed by atoms with E-state index in [1.54, 1.807) is 6.26 Å². The van der Waals surface area contributed by atoms with Crippen LogP contribution in [0.2, 0.25) is 0 Å². The minimum absolute atomic E-state index is 0.0404. The van der Waals surface area contributed by atoms with Crippen molar-refractivity contribution in [3.05, 3.63) is 52.9 Å². The Bertz CT molecular complexity index is 552. The molecule has 0 aliphatic carbocycles. The normalized spacial score (nSPS) is 12.4. The Morgan fingerprint density at radius 3 is 2.65 bits per heavy atom. The zero-order valence-corrected chi connectivity index (χ0v) is 13.1. The van der Waals surface area contributed by atoms with Crippen LogP contribution in [0.4, 0.5) is 5.69 Å². The molecule has 0 saturated heterocycles. The van der Waals surface area contributed by atoms with Gasteiger partial charge in [-0.3, -0.25) is 9.69 Å². The van der Waals surface area contributed by atoms with Gasteiger partial charge in [0.15, 0.2) is 0 Å². The van der Waals surface area contributed by atoms with Gasteiger partial charge in [-0.1, -0.05) is 15.9 Å². The molecule has 0 spiro atoms. The van der Waals surface area contributed by atoms with Gasteiger partial charge in [0.1, 0.15) is 5.76 Å². The molecule has 1 amide bonds. The molecule has 0 bridgehead atoms. The largest absolute Gasteiger partial charge is 0.468 e. The van der Waals surface area contributed by atoms with Crippen molar-refractivity contribution in [2.45, 2.75) is 19.5 Å². The summed E-state index contributed by atoms with van der Waals surface area (Å²) < 4.78 is 6.27. The van der Waals surface area contributed by atoms with Crippen molar-refractivity contribution in [3.63, 3.8) is 0 Å². The van der Waals surface area contributed by atoms with Gasteiger partial charge in [0.05, 0.1) is 18.8 Å². The molecule has 1 unspecified atom stereocenters. The number of anilines is 1. The smallest absolute Gasteiger partial charge is 0.241 e. The van der Waals surface area contributed by atoms with Gasteiger partial charge in [0, 0.05) is 10.2 Å². The van der Waals surface area contributed by atoms with Gasteiger partial charge in [-0.2, -0.15) is 0 Å². The number of halogens is 1. The second kappa shape index (κ2) is 6.72. The molecule has 1 aromatic heterocycles. The van der Waals surface area contributed by atoms with Crippen LogP contribution in [-0.2, 0) is 11.3 Å². The van der Waals surface area contributed by atoms with Crippen LogP contribution in [0.1, 0.15) is 12.7 Å². The summed E-state index contributed by atoms with van der Waals surface area (Å²) in [6.45, 7) is 2.47. The van der Waals surface area contributed by atoms with Gasteiger partial charge < -0.3 is 9.73 Å². The number of hydrogen-bond donors (Lipinski definition) is 1. The molecule has 2 rings (SSSR count). The van der Waals surface area contributed by atoms with E-state index >= 15 is 0 Å². The van der Waals surface area contributed by atoms with E-state index in [-0.39, 0.29) is 11.9 Å². The zero-order valence-electron chi connectivity index (χ0n) is 11.5. The van der Waals surface area contributed by atoms with Crippen molar-refractivity contribution in [1.82, 2.24) is 4.90 Å². The second-order valence-corrected chi connectivity index (χ2v) is 5.58. The number of carbonyl (C=O) groups is 1. The number of furan rings is 1. The minimum atomic E-state index is -0.247. The van der Waals surface area contributed by atoms with Crippen LogP contribution in [0.25, 0.3) is 0 Å². The molecular formula is C15H17BrN2O2. The quantitative estimate of drug-likeness (QED) is 0.908. The number of carbonyl (C=O) groups excluding carboxylic acids is 1. The molecule has 0 aliphatic heterocycles. The molecule has 0 fully saturated rings. The van der Waals surface area contributed by atoms with Crippen molar-refractivity contribution >= 4 is 27.5 Å². The van der Waals surface area contributed by atoms with E-state index in [1.807, 2.05) is 55.3 Å². The molecule has 0 saturated carbocycles. The maximum atomic E-state index is 12.2. The predicted molar refractivity (Wildman–Crippen MR) is 82.4 cm³/mol. The summed E-state index contributed by atoms with van der Waals surface area (Å²) in [5.74, 6) is 0.803. The van der Waals surface area contributed by atoms with E-state index < -0.39 is 0 Å². The first-order valence-corrected chi connectivity index (χ1v) is 7.14. The number of hydrogen-bond acceptors (Lipinski definition) is 3. The van der Waals surface area contributed by atoms with E-state index in [4.69, 9.17) is 4.42 Å². The Morgan fingerprint density at radius 1 is 1.35 bits per heavy atom. The van der Waals surface area contributed by atoms with Crippen molar-refractivity contribution in [3.8, 4) is 0 Å². The predicted octanol–water partition coefficient (Wildman–Crippen LogP) is 3.50. The lowest BCUT2D eigenvalue weighted by atomic mass is 10.2. The van der Waals surface area contributed by atoms with Gasteiger partial charge in [0.25, 0.3) is 0 Å². The summed E-state index contributed by atoms with van der Waals surface area (Å²) in [6.07, 6.45) is 1.63. The molecular weight excluding hydrogens is 320 g/mol. The van der Waals surface area contributed by atoms with E-state index in [9.17, 15) is 4.79 Å². The Balaban J connectivity index is 1.92. The van der Waals surface area contributed by atoms with E-state index in [2.05, 4.69) is 21.2 Å². The van der Waals surface area contributed by atoms with Crippen LogP contribution >= 0.6 is 15.9 Å². The van der Waals surface area contributed by atoms with Crippen LogP contribution < -0.4 is 5.32 Å². The number of benzene rings is 1. The molecule has 1 aromatic carbocycles. The lowest BCUT2D eigenvalue weighted by Gasteiger charge is -2.22. The van der Waals surface area contributed by atoms with Gasteiger partial charge in [-0.05, 0) is 50.4 Å². The van der Waals surface area contributed by atoms with Crippen molar-refractivity contribution in [1.29, 1.82) is 0 Å². The molecule has 0 radical (unpaired) electrons. The van der Waals surface area contributed by atoms with Crippen LogP contribution in [0.15, 0.2) is 51.6 Å². The molecule has 20 heavy (non-hydrogen) atoms. The highest BCUT2D eigenvalue weighted by atomic mass is 79.9. The van der Waals surface area contributed by atoms with Crippen LogP contribution in [-0.4, -0.2) is 23.9 Å². The molecule has 1 atom stereocenters. The molecule has 106 valence electrons. The fourth-order valence-electron chi connectivity index (χ4n) is 1.77. The third kappa shape index (κ3) is 3.95. The number of amides is 1. The van der Waals surface area contributed by atoms with Gasteiger partial charge in [-0.15, -0.1) is 0 Å². The van der Waals surface area contributed by atoms with Crippen LogP contribution in [0.5, 0.6) is 0 Å². The SMILES string of the molecule is CC(C(=O)Nc1ccc(Br)cc1)N(C)Cc1ccco1. The fraction of sp³-hybridized carbons (Fsp3) is 0.267. The first kappa shape index (κ1) is 14.8. The van der Waals surface area contributed by atoms with Gasteiger partial charge in [0.2, 0.25) is 5.91 Å². The summed E-state index contributed by atoms with van der Waals surface area (Å²) in [5, 5.41) is 2.90. The topological polar surface area (TPSA) is 45.5 Å². The monoisotopic (exact) mass is 336 g/mol. The number of rotatable bonds is 5. The number of nitrogens with zero attached hydrogens (tertiary/aromatic N) is 1. The third-order valence-electron chi connectivity index (χ3n) is 3.14. The molecule has 1 heterocycles. The highest BCUT2D eigenvalue weighted by molar-refractivity contribution is 9.10. The highest BCUT2D eigenvalue weighted by Gasteiger charge is 2.18. The lowest BCUT2D eigenvalue weighted by Crippen LogP contribution is -2.39. The Labute approximate surface area is 126 Å². The highest BCUT2D eigenvalue weighted by Crippen LogP contribution is 2.15. The first-order valence-electron chi connectivity index (χ1n) is 6.35. The van der Waals surface area contributed by atoms with E-state index in [1.165, 1.54) is 0 Å². The third-order valence-corrected chi connectivity index (χ3v) is 3.67. The second-order valence-electron chi connectivity index (χ2n) is 4.67. The lowest BCUT2D eigenvalue weighted by molar-refractivity contribution is -0.120. The summed E-state index contributed by atoms with van der Waals surface area (Å²) in [4.78, 5) is 14.1. The number of likely N-dealkylation sites (N-methyl/N-ethyl adjacent to an activating group) is 1. The first-order chi connectivity index (χ1) is 9.56. The Kier molecular flexibility index (Phi) is 4.98. The number of nitrogens with one attached hydrogen (secondary N) is 1. The standard InChI is InChI=1S/C15H17BrN2O2/c1-11(18(2)10-14-4-3-9-20-14)15(19)17-13-7-5-12(16)6-8-13/h3-9,11H,10H2,1-2H3,(H,17,19). The average Bonchev–Trinajstić information content (AvgIpc) is 2.93.